The van der Waals surface area contributed by atoms with Gasteiger partial charge in [-0.1, -0.05) is 63.2 Å². The van der Waals surface area contributed by atoms with Crippen LogP contribution in [0.5, 0.6) is 11.5 Å². The van der Waals surface area contributed by atoms with E-state index in [1.807, 2.05) is 30.3 Å². The fourth-order valence-electron chi connectivity index (χ4n) is 11.2. The fraction of sp³-hybridized carbons (Fsp3) is 0.206. The molecule has 0 saturated carbocycles. The van der Waals surface area contributed by atoms with E-state index < -0.39 is 6.85 Å². The minimum Gasteiger partial charge on any atom is -0.238 e. The molecule has 0 saturated heterocycles. The van der Waals surface area contributed by atoms with E-state index in [0.717, 1.165) is 68.1 Å². The molecule has 1 unspecified atom stereocenters. The van der Waals surface area contributed by atoms with Gasteiger partial charge in [-0.2, -0.15) is 0 Å². The van der Waals surface area contributed by atoms with Gasteiger partial charge in [-0.15, -0.1) is 0 Å². The number of hydrogen-bond acceptors (Lipinski definition) is 2. The number of ether oxygens (including phenoxy) is 1. The standard InChI is InChI=1S/C68H62N4O.Pt/c1-45-38-65(69-43-59(45)49-30-33-50(34-31-49)67(2,3)4)72-61-27-17-15-25-54(61)55-37-36-53(42-64(55)72)73-52-35-32-48-24-14-16-26-60(56(48)41-52)70-44-71(63-29-19-18-28-62(63)70)66-57(46-20-10-8-11-21-46)39-51(68(5,6)7)40-58(66)47-22-12-9-13-23-47;/h8-13,15,17-23,25,27-43,60H,14,16,24,26H2,1-7H3;/i1D3;. The molecule has 0 fully saturated rings. The normalized spacial score (nSPS) is 14.9. The fourth-order valence-corrected chi connectivity index (χ4v) is 12.4. The average Bonchev–Trinajstić information content (AvgIpc) is 4.09. The van der Waals surface area contributed by atoms with E-state index in [9.17, 15) is 0 Å². The first kappa shape index (κ1) is 44.2. The van der Waals surface area contributed by atoms with Crippen LogP contribution in [-0.2, 0) is 36.6 Å². The van der Waals surface area contributed by atoms with Gasteiger partial charge in [-0.3, -0.25) is 0 Å². The monoisotopic (exact) mass is 1150 g/mol. The molecule has 0 amide bonds. The van der Waals surface area contributed by atoms with Gasteiger partial charge in [0.25, 0.3) is 0 Å². The molecule has 8 aromatic carbocycles. The van der Waals surface area contributed by atoms with Crippen molar-refractivity contribution >= 4 is 32.8 Å². The van der Waals surface area contributed by atoms with Crippen LogP contribution in [0.25, 0.3) is 77.7 Å². The van der Waals surface area contributed by atoms with Crippen molar-refractivity contribution in [2.45, 2.75) is 90.9 Å². The average molecular weight is 1150 g/mol. The molecule has 1 aliphatic rings. The molecule has 6 heteroatoms. The molecule has 0 radical (unpaired) electrons. The first-order valence-electron chi connectivity index (χ1n) is 27.4. The van der Waals surface area contributed by atoms with Crippen LogP contribution < -0.4 is 4.74 Å². The molecule has 1 aliphatic carbocycles. The molecule has 0 bridgehead atoms. The molecule has 11 aromatic rings. The summed E-state index contributed by atoms with van der Waals surface area (Å²) in [6, 6.07) is 66.6. The third kappa shape index (κ3) is 8.59. The van der Waals surface area contributed by atoms with Gasteiger partial charge in [0.15, 0.2) is 0 Å². The number of benzene rings is 8. The largest absolute Gasteiger partial charge is 0.238 e. The Hall–Kier alpha value is -7.33. The number of imidazole rings is 1. The van der Waals surface area contributed by atoms with Gasteiger partial charge < -0.3 is 0 Å². The molecular weight excluding hydrogens is 1080 g/mol. The van der Waals surface area contributed by atoms with Gasteiger partial charge >= 0.3 is 328 Å². The van der Waals surface area contributed by atoms with Gasteiger partial charge in [0, 0.05) is 15.9 Å². The molecular formula is C68H62N4OPt. The number of pyridine rings is 1. The molecule has 12 rings (SSSR count). The SMILES string of the molecule is [2H]C([2H])([2H])c1cc(-n2c3ccccc3c3ccc(Oc4ccc5c(c4)C(n4[c](=[Pt])n(-c6c(-c7ccccc7)cc(C(C)(C)C)cc6-c6ccccc6)c6ccccc64)CCCC5)cc32)ncc1-c1ccc(C(C)(C)C)cc1. The van der Waals surface area contributed by atoms with Crippen LogP contribution >= 0.6 is 0 Å². The van der Waals surface area contributed by atoms with Crippen LogP contribution in [0.4, 0.5) is 0 Å². The van der Waals surface area contributed by atoms with E-state index in [1.54, 1.807) is 12.3 Å². The minimum absolute atomic E-state index is 0.0302. The van der Waals surface area contributed by atoms with Crippen LogP contribution in [0.15, 0.2) is 194 Å². The van der Waals surface area contributed by atoms with Crippen molar-refractivity contribution < 1.29 is 28.2 Å². The summed E-state index contributed by atoms with van der Waals surface area (Å²) in [5.74, 6) is 1.97. The van der Waals surface area contributed by atoms with Gasteiger partial charge in [0.2, 0.25) is 0 Å². The van der Waals surface area contributed by atoms with E-state index in [1.165, 1.54) is 55.7 Å². The Kier molecular flexibility index (Phi) is 11.3. The topological polar surface area (TPSA) is 36.9 Å². The third-order valence-corrected chi connectivity index (χ3v) is 16.2. The molecule has 3 heterocycles. The number of rotatable bonds is 8. The second-order valence-corrected chi connectivity index (χ2v) is 23.0. The second kappa shape index (κ2) is 18.9. The zero-order valence-electron chi connectivity index (χ0n) is 45.9. The Balaban J connectivity index is 0.976. The quantitative estimate of drug-likeness (QED) is 0.142. The summed E-state index contributed by atoms with van der Waals surface area (Å²) in [6.45, 7) is 11.1. The zero-order chi connectivity index (χ0) is 53.4. The summed E-state index contributed by atoms with van der Waals surface area (Å²) in [5.41, 5.74) is 16.7. The van der Waals surface area contributed by atoms with E-state index in [-0.39, 0.29) is 22.4 Å². The van der Waals surface area contributed by atoms with Gasteiger partial charge in [0.05, 0.1) is 0 Å². The maximum absolute atomic E-state index is 8.73. The maximum atomic E-state index is 8.73. The van der Waals surface area contributed by atoms with Crippen molar-refractivity contribution in [3.05, 3.63) is 226 Å². The smallest absolute Gasteiger partial charge is 0.0374 e. The van der Waals surface area contributed by atoms with E-state index >= 15 is 0 Å². The first-order chi connectivity index (χ1) is 37.0. The zero-order valence-corrected chi connectivity index (χ0v) is 45.2. The molecule has 0 aliphatic heterocycles. The number of fused-ring (bicyclic) bond motifs is 5. The van der Waals surface area contributed by atoms with Crippen LogP contribution in [0.1, 0.15) is 98.8 Å². The number of para-hydroxylation sites is 3. The molecule has 3 aromatic heterocycles. The van der Waals surface area contributed by atoms with Crippen molar-refractivity contribution in [3.8, 4) is 56.4 Å². The van der Waals surface area contributed by atoms with E-state index in [0.29, 0.717) is 17.1 Å². The van der Waals surface area contributed by atoms with Gasteiger partial charge in [-0.05, 0) is 41.1 Å². The Labute approximate surface area is 450 Å². The molecule has 1 atom stereocenters. The van der Waals surface area contributed by atoms with Crippen molar-refractivity contribution in [1.82, 2.24) is 18.7 Å². The number of aromatic nitrogens is 4. The van der Waals surface area contributed by atoms with E-state index in [2.05, 4.69) is 226 Å². The summed E-state index contributed by atoms with van der Waals surface area (Å²) < 4.78 is 41.5. The predicted molar refractivity (Wildman–Crippen MR) is 304 cm³/mol. The van der Waals surface area contributed by atoms with Gasteiger partial charge in [0.1, 0.15) is 0 Å². The van der Waals surface area contributed by atoms with Crippen molar-refractivity contribution in [3.63, 3.8) is 0 Å². The van der Waals surface area contributed by atoms with Crippen LogP contribution in [0.2, 0.25) is 0 Å². The van der Waals surface area contributed by atoms with Crippen LogP contribution in [-0.4, -0.2) is 18.7 Å². The molecule has 5 nitrogen and oxygen atoms in total. The Bertz CT molecular complexity index is 4040. The van der Waals surface area contributed by atoms with Gasteiger partial charge in [-0.25, -0.2) is 4.98 Å². The molecule has 0 N–H and O–H groups in total. The molecule has 74 heavy (non-hydrogen) atoms. The van der Waals surface area contributed by atoms with Crippen molar-refractivity contribution in [2.75, 3.05) is 0 Å². The van der Waals surface area contributed by atoms with E-state index in [4.69, 9.17) is 13.8 Å². The van der Waals surface area contributed by atoms with Crippen molar-refractivity contribution in [2.24, 2.45) is 0 Å². The summed E-state index contributed by atoms with van der Waals surface area (Å²) in [6.07, 6.45) is 5.88. The van der Waals surface area contributed by atoms with Crippen LogP contribution in [0, 0.1) is 10.7 Å². The molecule has 0 spiro atoms. The summed E-state index contributed by atoms with van der Waals surface area (Å²) in [5, 5.41) is 2.07. The first-order valence-corrected chi connectivity index (χ1v) is 27.1. The molecule has 370 valence electrons. The predicted octanol–water partition coefficient (Wildman–Crippen LogP) is 18.0. The number of nitrogens with zero attached hydrogens (tertiary/aromatic N) is 4. The Morgan fingerprint density at radius 1 is 0.541 bits per heavy atom. The third-order valence-electron chi connectivity index (χ3n) is 15.1. The number of aryl methyl sites for hydroxylation is 2. The summed E-state index contributed by atoms with van der Waals surface area (Å²) >= 11 is 2.60. The maximum Gasteiger partial charge on any atom is 0.0374 e. The number of hydrogen-bond donors (Lipinski definition) is 0. The minimum atomic E-state index is -2.38. The second-order valence-electron chi connectivity index (χ2n) is 22.0. The van der Waals surface area contributed by atoms with Crippen molar-refractivity contribution in [1.29, 1.82) is 0 Å². The summed E-state index contributed by atoms with van der Waals surface area (Å²) in [7, 11) is 0. The Morgan fingerprint density at radius 2 is 1.14 bits per heavy atom. The summed E-state index contributed by atoms with van der Waals surface area (Å²) in [4.78, 5) is 5.02. The Morgan fingerprint density at radius 3 is 1.81 bits per heavy atom. The van der Waals surface area contributed by atoms with Crippen LogP contribution in [0.3, 0.4) is 0 Å².